The first-order valence-electron chi connectivity index (χ1n) is 13.2. The number of rotatable bonds is 0. The average molecular weight is 731 g/mol. The summed E-state index contributed by atoms with van der Waals surface area (Å²) in [5.74, 6) is 0. The predicted octanol–water partition coefficient (Wildman–Crippen LogP) is 7.14. The molecule has 0 unspecified atom stereocenters. The summed E-state index contributed by atoms with van der Waals surface area (Å²) >= 11 is 0. The molecule has 0 fully saturated rings. The molecule has 0 radical (unpaired) electrons. The van der Waals surface area contributed by atoms with Gasteiger partial charge in [0.1, 0.15) is 0 Å². The van der Waals surface area contributed by atoms with E-state index in [2.05, 4.69) is 53.1 Å². The number of pyridine rings is 7. The summed E-state index contributed by atoms with van der Waals surface area (Å²) in [6.45, 7) is 0. The second-order valence-corrected chi connectivity index (χ2v) is 9.24. The van der Waals surface area contributed by atoms with E-state index >= 15 is 0 Å². The van der Waals surface area contributed by atoms with Crippen molar-refractivity contribution in [3.63, 3.8) is 0 Å². The van der Waals surface area contributed by atoms with E-state index in [1.807, 2.05) is 72.8 Å². The van der Waals surface area contributed by atoms with Gasteiger partial charge in [-0.05, 0) is 56.4 Å². The minimum atomic E-state index is 0. The summed E-state index contributed by atoms with van der Waals surface area (Å²) in [4.78, 5) is 29.9. The van der Waals surface area contributed by atoms with Crippen LogP contribution in [-0.4, -0.2) is 34.9 Å². The molecule has 43 heavy (non-hydrogen) atoms. The molecule has 0 atom stereocenters. The molecule has 0 spiro atoms. The fourth-order valence-corrected chi connectivity index (χ4v) is 4.74. The molecule has 8 heteroatoms. The van der Waals surface area contributed by atoms with Gasteiger partial charge >= 0.3 is 20.1 Å². The second-order valence-electron chi connectivity index (χ2n) is 9.24. The van der Waals surface area contributed by atoms with E-state index in [9.17, 15) is 0 Å². The number of hydrogen-bond donors (Lipinski definition) is 0. The molecule has 7 aromatic heterocycles. The minimum Gasteiger partial charge on any atom is -0.352 e. The molecule has 0 bridgehead atoms. The Morgan fingerprint density at radius 1 is 0.395 bits per heavy atom. The van der Waals surface area contributed by atoms with Gasteiger partial charge < -0.3 is 29.9 Å². The third-order valence-electron chi connectivity index (χ3n) is 6.66. The van der Waals surface area contributed by atoms with Gasteiger partial charge in [-0.2, -0.15) is 0 Å². The second kappa shape index (κ2) is 12.7. The van der Waals surface area contributed by atoms with Crippen molar-refractivity contribution in [3.05, 3.63) is 140 Å². The van der Waals surface area contributed by atoms with Crippen LogP contribution in [0.5, 0.6) is 0 Å². The van der Waals surface area contributed by atoms with Gasteiger partial charge in [-0.3, -0.25) is 4.98 Å². The largest absolute Gasteiger partial charge is 3.00 e. The molecular weight excluding hydrogens is 711 g/mol. The topological polar surface area (TPSA) is 90.2 Å². The Kier molecular flexibility index (Phi) is 8.22. The van der Waals surface area contributed by atoms with Crippen LogP contribution in [0.2, 0.25) is 0 Å². The standard InChI is InChI=1S/2C12H7N2.C11H6N3.Ir/c2*1-3-9-5-6-11-10(4-2-7-13-11)12(9)14-8-1;1-3-8-7-14-11-9(4-2-6-13-11)10(8)12-5-1;/h2*1-3,5-8H;1-3,5-7H;/q3*-1;+3. The van der Waals surface area contributed by atoms with E-state index in [1.54, 1.807) is 49.4 Å². The Morgan fingerprint density at radius 2 is 0.860 bits per heavy atom. The van der Waals surface area contributed by atoms with Gasteiger partial charge in [-0.15, -0.1) is 36.4 Å². The summed E-state index contributed by atoms with van der Waals surface area (Å²) in [6.07, 6.45) is 12.3. The summed E-state index contributed by atoms with van der Waals surface area (Å²) < 4.78 is 0. The number of fused-ring (bicyclic) bond motifs is 9. The zero-order valence-electron chi connectivity index (χ0n) is 22.5. The van der Waals surface area contributed by atoms with Crippen LogP contribution >= 0.6 is 0 Å². The maximum absolute atomic E-state index is 4.34. The van der Waals surface area contributed by atoms with Crippen molar-refractivity contribution >= 4 is 65.5 Å². The Balaban J connectivity index is 0.000000113. The van der Waals surface area contributed by atoms with Crippen molar-refractivity contribution in [2.45, 2.75) is 0 Å². The SMILES string of the molecule is [Ir+3].[c-]1ccnc2ccc3cccnc3c12.[c-]1ccnc2ccc3cccnc3c12.[c-]1ccnc2ncc3cccnc3c12. The van der Waals surface area contributed by atoms with Gasteiger partial charge in [0.15, 0.2) is 0 Å². The zero-order chi connectivity index (χ0) is 28.1. The first-order valence-corrected chi connectivity index (χ1v) is 13.2. The minimum absolute atomic E-state index is 0. The van der Waals surface area contributed by atoms with E-state index < -0.39 is 0 Å². The van der Waals surface area contributed by atoms with Crippen molar-refractivity contribution in [1.29, 1.82) is 0 Å². The Morgan fingerprint density at radius 3 is 1.42 bits per heavy atom. The van der Waals surface area contributed by atoms with Crippen LogP contribution in [0.4, 0.5) is 0 Å². The summed E-state index contributed by atoms with van der Waals surface area (Å²) in [5.41, 5.74) is 5.43. The van der Waals surface area contributed by atoms with Crippen molar-refractivity contribution < 1.29 is 20.1 Å². The molecule has 0 N–H and O–H groups in total. The first kappa shape index (κ1) is 27.8. The fourth-order valence-electron chi connectivity index (χ4n) is 4.74. The molecule has 9 rings (SSSR count). The quantitative estimate of drug-likeness (QED) is 0.121. The number of aromatic nitrogens is 7. The van der Waals surface area contributed by atoms with Crippen molar-refractivity contribution in [1.82, 2.24) is 34.9 Å². The monoisotopic (exact) mass is 731 g/mol. The normalized spacial score (nSPS) is 10.6. The number of benzene rings is 2. The molecule has 0 aliphatic heterocycles. The van der Waals surface area contributed by atoms with Crippen LogP contribution in [0.3, 0.4) is 0 Å². The summed E-state index contributed by atoms with van der Waals surface area (Å²) in [7, 11) is 0. The van der Waals surface area contributed by atoms with Crippen LogP contribution in [0.25, 0.3) is 65.5 Å². The van der Waals surface area contributed by atoms with E-state index in [-0.39, 0.29) is 20.1 Å². The molecule has 204 valence electrons. The third kappa shape index (κ3) is 5.75. The van der Waals surface area contributed by atoms with Gasteiger partial charge in [0.25, 0.3) is 0 Å². The maximum Gasteiger partial charge on any atom is 3.00 e. The van der Waals surface area contributed by atoms with Crippen molar-refractivity contribution in [3.8, 4) is 0 Å². The maximum atomic E-state index is 4.34. The number of nitrogens with zero attached hydrogens (tertiary/aromatic N) is 7. The summed E-state index contributed by atoms with van der Waals surface area (Å²) in [5, 5.41) is 6.14. The van der Waals surface area contributed by atoms with E-state index in [0.717, 1.165) is 59.9 Å². The van der Waals surface area contributed by atoms with Crippen LogP contribution in [0.15, 0.2) is 122 Å². The fraction of sp³-hybridized carbons (Fsp3) is 0. The molecule has 7 heterocycles. The predicted molar refractivity (Wildman–Crippen MR) is 165 cm³/mol. The molecule has 0 saturated heterocycles. The molecular formula is C35H20IrN7. The molecule has 0 amide bonds. The molecule has 0 aliphatic carbocycles. The van der Waals surface area contributed by atoms with Crippen LogP contribution < -0.4 is 0 Å². The van der Waals surface area contributed by atoms with E-state index in [1.165, 1.54) is 0 Å². The Bertz CT molecular complexity index is 1920. The first-order chi connectivity index (χ1) is 20.8. The molecule has 0 aliphatic rings. The Labute approximate surface area is 260 Å². The van der Waals surface area contributed by atoms with E-state index in [0.29, 0.717) is 5.65 Å². The van der Waals surface area contributed by atoms with Gasteiger partial charge in [0.05, 0.1) is 5.65 Å². The van der Waals surface area contributed by atoms with Gasteiger partial charge in [-0.1, -0.05) is 77.2 Å². The molecule has 0 saturated carbocycles. The molecule has 2 aromatic carbocycles. The van der Waals surface area contributed by atoms with Crippen molar-refractivity contribution in [2.24, 2.45) is 0 Å². The number of hydrogen-bond acceptors (Lipinski definition) is 7. The van der Waals surface area contributed by atoms with Crippen LogP contribution in [0.1, 0.15) is 0 Å². The molecule has 9 aromatic rings. The van der Waals surface area contributed by atoms with Crippen LogP contribution in [-0.2, 0) is 20.1 Å². The third-order valence-corrected chi connectivity index (χ3v) is 6.66. The summed E-state index contributed by atoms with van der Waals surface area (Å²) in [6, 6.07) is 34.7. The van der Waals surface area contributed by atoms with Gasteiger partial charge in [0.2, 0.25) is 0 Å². The smallest absolute Gasteiger partial charge is 0.352 e. The van der Waals surface area contributed by atoms with Crippen molar-refractivity contribution in [2.75, 3.05) is 0 Å². The molecule has 7 nitrogen and oxygen atoms in total. The van der Waals surface area contributed by atoms with Gasteiger partial charge in [0, 0.05) is 30.3 Å². The van der Waals surface area contributed by atoms with Gasteiger partial charge in [-0.25, -0.2) is 0 Å². The van der Waals surface area contributed by atoms with E-state index in [4.69, 9.17) is 0 Å². The Hall–Kier alpha value is -5.30. The zero-order valence-corrected chi connectivity index (χ0v) is 24.9. The van der Waals surface area contributed by atoms with Crippen LogP contribution in [0, 0.1) is 18.2 Å². The average Bonchev–Trinajstić information content (AvgIpc) is 3.09.